The van der Waals surface area contributed by atoms with Crippen molar-refractivity contribution in [2.24, 2.45) is 22.0 Å². The van der Waals surface area contributed by atoms with E-state index in [1.165, 1.54) is 0 Å². The number of hydrogen-bond acceptors (Lipinski definition) is 10. The first kappa shape index (κ1) is 31.4. The Morgan fingerprint density at radius 2 is 1.17 bits per heavy atom. The lowest BCUT2D eigenvalue weighted by Gasteiger charge is -2.14. The number of nitriles is 2. The number of aromatic amines is 2. The molecule has 0 aromatic carbocycles. The third-order valence-corrected chi connectivity index (χ3v) is 10.0. The Kier molecular flexibility index (Phi) is 9.09. The van der Waals surface area contributed by atoms with Crippen molar-refractivity contribution in [3.05, 3.63) is 48.6 Å². The molecule has 4 aromatic heterocycles. The molecule has 244 valence electrons. The lowest BCUT2D eigenvalue weighted by atomic mass is 9.95. The Morgan fingerprint density at radius 3 is 1.56 bits per heavy atom. The van der Waals surface area contributed by atoms with Gasteiger partial charge in [0.05, 0.1) is 61.0 Å². The number of rotatable bonds is 8. The van der Waals surface area contributed by atoms with Gasteiger partial charge in [0.1, 0.15) is 35.8 Å². The van der Waals surface area contributed by atoms with Crippen molar-refractivity contribution in [3.63, 3.8) is 0 Å². The van der Waals surface area contributed by atoms with Gasteiger partial charge < -0.3 is 20.2 Å². The molecule has 6 heterocycles. The first-order valence-corrected chi connectivity index (χ1v) is 16.5. The summed E-state index contributed by atoms with van der Waals surface area (Å²) in [7, 11) is 0. The summed E-state index contributed by atoms with van der Waals surface area (Å²) in [6.07, 6.45) is 19.9. The number of hydrazone groups is 2. The first-order valence-electron chi connectivity index (χ1n) is 16.5. The number of H-pyrrole nitrogens is 2. The molecule has 4 unspecified atom stereocenters. The molecule has 2 fully saturated rings. The number of hydrogen-bond donors (Lipinski definition) is 4. The van der Waals surface area contributed by atoms with Crippen molar-refractivity contribution >= 4 is 46.9 Å². The van der Waals surface area contributed by atoms with Gasteiger partial charge in [-0.25, -0.2) is 19.9 Å². The molecule has 0 bridgehead atoms. The van der Waals surface area contributed by atoms with E-state index in [1.807, 2.05) is 58.8 Å². The minimum Gasteiger partial charge on any atom is -0.393 e. The maximum Gasteiger partial charge on any atom is 0.199 e. The van der Waals surface area contributed by atoms with E-state index < -0.39 is 0 Å². The van der Waals surface area contributed by atoms with E-state index in [4.69, 9.17) is 0 Å². The number of aliphatic hydroxyl groups is 2. The van der Waals surface area contributed by atoms with E-state index in [0.717, 1.165) is 72.0 Å². The quantitative estimate of drug-likeness (QED) is 0.209. The average Bonchev–Trinajstić information content (AvgIpc) is 3.95. The van der Waals surface area contributed by atoms with E-state index in [1.54, 1.807) is 12.7 Å². The summed E-state index contributed by atoms with van der Waals surface area (Å²) in [6, 6.07) is 8.49. The number of fused-ring (bicyclic) bond motifs is 2. The molecule has 48 heavy (non-hydrogen) atoms. The summed E-state index contributed by atoms with van der Waals surface area (Å²) in [6.45, 7) is 0. The van der Waals surface area contributed by atoms with Crippen LogP contribution in [-0.4, -0.2) is 98.6 Å². The number of nitrogens with zero attached hydrogens (tertiary/aromatic N) is 10. The van der Waals surface area contributed by atoms with Gasteiger partial charge in [-0.1, -0.05) is 9.37 Å². The van der Waals surface area contributed by atoms with E-state index in [-0.39, 0.29) is 36.1 Å². The van der Waals surface area contributed by atoms with Crippen LogP contribution in [-0.2, 0) is 0 Å². The average molecular weight is 647 g/mol. The topological polar surface area (TPSA) is 202 Å². The van der Waals surface area contributed by atoms with Crippen LogP contribution >= 0.6 is 0 Å². The van der Waals surface area contributed by atoms with Gasteiger partial charge in [-0.2, -0.15) is 10.5 Å². The van der Waals surface area contributed by atoms with Crippen LogP contribution in [0, 0.1) is 34.5 Å². The van der Waals surface area contributed by atoms with Gasteiger partial charge in [-0.15, -0.1) is 0 Å². The number of nitrogens with one attached hydrogen (secondary N) is 2. The third-order valence-electron chi connectivity index (χ3n) is 10.0. The van der Waals surface area contributed by atoms with Gasteiger partial charge in [0.15, 0.2) is 24.5 Å². The molecule has 8 atom stereocenters. The van der Waals surface area contributed by atoms with Gasteiger partial charge in [0, 0.05) is 35.0 Å². The summed E-state index contributed by atoms with van der Waals surface area (Å²) >= 11 is 0. The number of aromatic nitrogens is 6. The highest BCUT2D eigenvalue weighted by atomic mass is 16.3. The highest BCUT2D eigenvalue weighted by Gasteiger charge is 2.40. The summed E-state index contributed by atoms with van der Waals surface area (Å²) in [4.78, 5) is 23.5. The summed E-state index contributed by atoms with van der Waals surface area (Å²) in [5, 5.41) is 49.0. The minimum atomic E-state index is -0.250. The van der Waals surface area contributed by atoms with Crippen molar-refractivity contribution in [1.82, 2.24) is 29.9 Å². The van der Waals surface area contributed by atoms with Gasteiger partial charge >= 0.3 is 0 Å². The van der Waals surface area contributed by atoms with E-state index >= 15 is 0 Å². The Labute approximate surface area is 276 Å². The minimum absolute atomic E-state index is 0.0111. The van der Waals surface area contributed by atoms with Crippen LogP contribution in [0.4, 0.5) is 0 Å². The molecule has 2 saturated carbocycles. The van der Waals surface area contributed by atoms with Crippen LogP contribution in [0.5, 0.6) is 0 Å². The molecule has 0 radical (unpaired) electrons. The second-order valence-electron chi connectivity index (χ2n) is 12.9. The predicted molar refractivity (Wildman–Crippen MR) is 178 cm³/mol. The molecule has 14 nitrogen and oxygen atoms in total. The predicted octanol–water partition coefficient (Wildman–Crippen LogP) is 3.13. The zero-order valence-electron chi connectivity index (χ0n) is 26.4. The zero-order chi connectivity index (χ0) is 33.0. The molecule has 0 saturated heterocycles. The molecule has 4 N–H and O–H groups in total. The SMILES string of the molecule is N#CCC([C@@H]1CC[C@@H](O)C1)[N+]1=CC(c2ncnc3[nH]ccc23)C=N1.N#CCC([C@H]1CC[C@H](O)C1)[N+]1=CC(c2ncnc3[nH]ccc23)C=N1. The van der Waals surface area contributed by atoms with Crippen LogP contribution in [0.1, 0.15) is 74.6 Å². The van der Waals surface area contributed by atoms with Gasteiger partial charge in [0.25, 0.3) is 0 Å². The maximum absolute atomic E-state index is 9.81. The molecule has 14 heteroatoms. The smallest absolute Gasteiger partial charge is 0.199 e. The third kappa shape index (κ3) is 6.37. The van der Waals surface area contributed by atoms with E-state index in [9.17, 15) is 20.7 Å². The second kappa shape index (κ2) is 13.9. The van der Waals surface area contributed by atoms with Crippen LogP contribution in [0.3, 0.4) is 0 Å². The molecule has 8 rings (SSSR count). The Morgan fingerprint density at radius 1 is 0.708 bits per heavy atom. The molecular weight excluding hydrogens is 608 g/mol. The molecule has 0 amide bonds. The second-order valence-corrected chi connectivity index (χ2v) is 12.9. The van der Waals surface area contributed by atoms with Crippen LogP contribution in [0.2, 0.25) is 0 Å². The standard InChI is InChI=1S/2C17H19N6O/c2*18-5-3-15(11-1-2-13(24)7-11)23-9-12(8-22-23)16-14-4-6-19-17(14)21-10-20-16/h2*4,6,8-13,15,24H,1-3,7H2,(H,19,20,21)/q2*+1/t2*11-,12?,13-,15?/m10/s1. The summed E-state index contributed by atoms with van der Waals surface area (Å²) in [5.41, 5.74) is 3.45. The highest BCUT2D eigenvalue weighted by Crippen LogP contribution is 2.34. The Bertz CT molecular complexity index is 1840. The van der Waals surface area contributed by atoms with Gasteiger partial charge in [0.2, 0.25) is 0 Å². The van der Waals surface area contributed by atoms with Crippen LogP contribution in [0.15, 0.2) is 47.4 Å². The normalized spacial score (nSPS) is 27.3. The van der Waals surface area contributed by atoms with E-state index in [0.29, 0.717) is 24.7 Å². The Balaban J connectivity index is 0.000000152. The largest absolute Gasteiger partial charge is 0.393 e. The van der Waals surface area contributed by atoms with Crippen molar-refractivity contribution in [3.8, 4) is 12.1 Å². The molecule has 0 spiro atoms. The summed E-state index contributed by atoms with van der Waals surface area (Å²) < 4.78 is 3.80. The molecule has 4 aromatic rings. The molecule has 2 aliphatic carbocycles. The highest BCUT2D eigenvalue weighted by molar-refractivity contribution is 5.95. The Hall–Kier alpha value is -5.18. The summed E-state index contributed by atoms with van der Waals surface area (Å²) in [5.74, 6) is 0.534. The molecular formula is C34H38N12O2+2. The fourth-order valence-electron chi connectivity index (χ4n) is 7.59. The van der Waals surface area contributed by atoms with E-state index in [2.05, 4.69) is 52.2 Å². The van der Waals surface area contributed by atoms with Crippen molar-refractivity contribution in [1.29, 1.82) is 10.5 Å². The van der Waals surface area contributed by atoms with Gasteiger partial charge in [-0.3, -0.25) is 0 Å². The molecule has 4 aliphatic rings. The zero-order valence-corrected chi connectivity index (χ0v) is 26.4. The molecule has 2 aliphatic heterocycles. The van der Waals surface area contributed by atoms with Crippen LogP contribution < -0.4 is 0 Å². The fourth-order valence-corrected chi connectivity index (χ4v) is 7.59. The van der Waals surface area contributed by atoms with Crippen molar-refractivity contribution in [2.75, 3.05) is 0 Å². The lowest BCUT2D eigenvalue weighted by Crippen LogP contribution is -2.29. The number of aliphatic hydroxyl groups excluding tert-OH is 2. The monoisotopic (exact) mass is 646 g/mol. The van der Waals surface area contributed by atoms with Gasteiger partial charge in [-0.05, 0) is 60.9 Å². The fraction of sp³-hybridized carbons (Fsp3) is 0.471. The van der Waals surface area contributed by atoms with Crippen molar-refractivity contribution < 1.29 is 19.6 Å². The lowest BCUT2D eigenvalue weighted by molar-refractivity contribution is -0.572. The first-order chi connectivity index (χ1) is 23.5. The maximum atomic E-state index is 9.81. The van der Waals surface area contributed by atoms with Crippen LogP contribution in [0.25, 0.3) is 22.1 Å². The van der Waals surface area contributed by atoms with Crippen molar-refractivity contribution in [2.45, 2.75) is 87.5 Å².